The van der Waals surface area contributed by atoms with Crippen molar-refractivity contribution in [2.75, 3.05) is 0 Å². The average Bonchev–Trinajstić information content (AvgIpc) is 3.13. The Morgan fingerprint density at radius 2 is 1.50 bits per heavy atom. The molecule has 2 saturated carbocycles. The molecule has 0 spiro atoms. The monoisotopic (exact) mass is 218 g/mol. The van der Waals surface area contributed by atoms with Crippen LogP contribution < -0.4 is 0 Å². The lowest BCUT2D eigenvalue weighted by molar-refractivity contribution is -0.140. The molecule has 0 amide bonds. The quantitative estimate of drug-likeness (QED) is 0.813. The largest absolute Gasteiger partial charge is 0.481 e. The maximum Gasteiger partial charge on any atom is 0.314 e. The topological polar surface area (TPSA) is 57.5 Å². The molecule has 0 bridgehead atoms. The molecule has 16 heavy (non-hydrogen) atoms. The number of benzene rings is 1. The molecule has 2 aliphatic rings. The Hall–Kier alpha value is -1.35. The van der Waals surface area contributed by atoms with Crippen LogP contribution in [0.3, 0.4) is 0 Å². The van der Waals surface area contributed by atoms with Crippen LogP contribution in [0.25, 0.3) is 0 Å². The summed E-state index contributed by atoms with van der Waals surface area (Å²) in [5.74, 6) is -0.731. The fraction of sp³-hybridized carbons (Fsp3) is 0.462. The van der Waals surface area contributed by atoms with E-state index in [-0.39, 0.29) is 0 Å². The minimum atomic E-state index is -0.731. The summed E-state index contributed by atoms with van der Waals surface area (Å²) in [5.41, 5.74) is 0.522. The van der Waals surface area contributed by atoms with Crippen molar-refractivity contribution in [2.24, 2.45) is 0 Å². The number of hydrogen-bond donors (Lipinski definition) is 2. The van der Waals surface area contributed by atoms with Gasteiger partial charge in [0.05, 0.1) is 11.0 Å². The van der Waals surface area contributed by atoms with Crippen LogP contribution in [0.2, 0.25) is 0 Å². The van der Waals surface area contributed by atoms with Crippen molar-refractivity contribution in [1.82, 2.24) is 0 Å². The lowest BCUT2D eigenvalue weighted by Gasteiger charge is -2.13. The van der Waals surface area contributed by atoms with Gasteiger partial charge in [0, 0.05) is 0 Å². The van der Waals surface area contributed by atoms with Crippen molar-refractivity contribution in [1.29, 1.82) is 0 Å². The molecular weight excluding hydrogens is 204 g/mol. The van der Waals surface area contributed by atoms with Gasteiger partial charge in [0.1, 0.15) is 0 Å². The van der Waals surface area contributed by atoms with Gasteiger partial charge in [-0.15, -0.1) is 0 Å². The van der Waals surface area contributed by atoms with Gasteiger partial charge in [0.15, 0.2) is 0 Å². The van der Waals surface area contributed by atoms with Gasteiger partial charge < -0.3 is 10.2 Å². The van der Waals surface area contributed by atoms with Crippen molar-refractivity contribution >= 4 is 5.97 Å². The van der Waals surface area contributed by atoms with Crippen molar-refractivity contribution in [3.63, 3.8) is 0 Å². The van der Waals surface area contributed by atoms with Gasteiger partial charge >= 0.3 is 5.97 Å². The smallest absolute Gasteiger partial charge is 0.314 e. The molecule has 2 N–H and O–H groups in total. The molecule has 0 heterocycles. The average molecular weight is 218 g/mol. The van der Waals surface area contributed by atoms with Crippen LogP contribution >= 0.6 is 0 Å². The van der Waals surface area contributed by atoms with Crippen molar-refractivity contribution < 1.29 is 15.0 Å². The van der Waals surface area contributed by atoms with E-state index in [0.717, 1.165) is 36.8 Å². The molecule has 3 rings (SSSR count). The molecule has 2 aliphatic carbocycles. The molecule has 0 radical (unpaired) electrons. The molecule has 0 aliphatic heterocycles. The summed E-state index contributed by atoms with van der Waals surface area (Å²) in [7, 11) is 0. The molecule has 84 valence electrons. The highest BCUT2D eigenvalue weighted by molar-refractivity contribution is 5.84. The van der Waals surface area contributed by atoms with Gasteiger partial charge in [0.2, 0.25) is 0 Å². The highest BCUT2D eigenvalue weighted by atomic mass is 16.4. The van der Waals surface area contributed by atoms with Crippen LogP contribution in [0.5, 0.6) is 0 Å². The highest BCUT2D eigenvalue weighted by Crippen LogP contribution is 2.50. The maximum absolute atomic E-state index is 11.1. The van der Waals surface area contributed by atoms with Gasteiger partial charge in [0.25, 0.3) is 0 Å². The molecule has 0 unspecified atom stereocenters. The van der Waals surface area contributed by atoms with E-state index >= 15 is 0 Å². The third-order valence-corrected chi connectivity index (χ3v) is 3.86. The molecule has 1 aromatic carbocycles. The lowest BCUT2D eigenvalue weighted by atomic mass is 9.94. The Labute approximate surface area is 93.7 Å². The summed E-state index contributed by atoms with van der Waals surface area (Å²) < 4.78 is 0. The summed E-state index contributed by atoms with van der Waals surface area (Å²) in [6, 6.07) is 7.44. The minimum Gasteiger partial charge on any atom is -0.481 e. The zero-order valence-electron chi connectivity index (χ0n) is 8.94. The fourth-order valence-corrected chi connectivity index (χ4v) is 2.26. The molecule has 3 nitrogen and oxygen atoms in total. The van der Waals surface area contributed by atoms with E-state index in [2.05, 4.69) is 0 Å². The maximum atomic E-state index is 11.1. The van der Waals surface area contributed by atoms with Crippen LogP contribution in [-0.4, -0.2) is 16.2 Å². The molecule has 0 atom stereocenters. The zero-order valence-corrected chi connectivity index (χ0v) is 8.94. The summed E-state index contributed by atoms with van der Waals surface area (Å²) in [6.45, 7) is 0. The van der Waals surface area contributed by atoms with Gasteiger partial charge in [-0.2, -0.15) is 0 Å². The van der Waals surface area contributed by atoms with Crippen molar-refractivity contribution in [3.05, 3.63) is 35.4 Å². The SMILES string of the molecule is O=C(O)C1(c2ccc(C3(O)CC3)cc2)CC1. The van der Waals surface area contributed by atoms with Crippen molar-refractivity contribution in [3.8, 4) is 0 Å². The lowest BCUT2D eigenvalue weighted by Crippen LogP contribution is -2.19. The van der Waals surface area contributed by atoms with Crippen molar-refractivity contribution in [2.45, 2.75) is 36.7 Å². The summed E-state index contributed by atoms with van der Waals surface area (Å²) in [5, 5.41) is 19.1. The second kappa shape index (κ2) is 2.86. The Morgan fingerprint density at radius 1 is 1.00 bits per heavy atom. The molecule has 3 heteroatoms. The van der Waals surface area contributed by atoms with Crippen LogP contribution in [0.4, 0.5) is 0 Å². The number of carboxylic acid groups (broad SMARTS) is 1. The summed E-state index contributed by atoms with van der Waals surface area (Å²) >= 11 is 0. The highest BCUT2D eigenvalue weighted by Gasteiger charge is 2.52. The fourth-order valence-electron chi connectivity index (χ4n) is 2.26. The van der Waals surface area contributed by atoms with E-state index in [0.29, 0.717) is 0 Å². The second-order valence-electron chi connectivity index (χ2n) is 5.00. The third-order valence-electron chi connectivity index (χ3n) is 3.86. The predicted molar refractivity (Wildman–Crippen MR) is 58.1 cm³/mol. The first-order valence-electron chi connectivity index (χ1n) is 5.64. The summed E-state index contributed by atoms with van der Waals surface area (Å²) in [6.07, 6.45) is 3.09. The van der Waals surface area contributed by atoms with Gasteiger partial charge in [-0.3, -0.25) is 4.79 Å². The van der Waals surface area contributed by atoms with E-state index in [1.807, 2.05) is 24.3 Å². The second-order valence-corrected chi connectivity index (χ2v) is 5.00. The molecule has 2 fully saturated rings. The first-order chi connectivity index (χ1) is 7.57. The number of aliphatic carboxylic acids is 1. The Kier molecular flexibility index (Phi) is 1.76. The predicted octanol–water partition coefficient (Wildman–Crippen LogP) is 1.78. The number of rotatable bonds is 3. The summed E-state index contributed by atoms with van der Waals surface area (Å²) in [4.78, 5) is 11.1. The van der Waals surface area contributed by atoms with Crippen LogP contribution in [0.1, 0.15) is 36.8 Å². The van der Waals surface area contributed by atoms with Gasteiger partial charge in [-0.05, 0) is 36.8 Å². The Balaban J connectivity index is 1.91. The molecule has 1 aromatic rings. The van der Waals surface area contributed by atoms with Crippen LogP contribution in [-0.2, 0) is 15.8 Å². The molecule has 0 saturated heterocycles. The first kappa shape index (κ1) is 9.85. The minimum absolute atomic E-state index is 0.627. The number of carboxylic acids is 1. The number of carbonyl (C=O) groups is 1. The standard InChI is InChI=1S/C13H14O3/c14-11(15)12(5-6-12)9-1-3-10(4-2-9)13(16)7-8-13/h1-4,16H,5-8H2,(H,14,15). The Morgan fingerprint density at radius 3 is 1.88 bits per heavy atom. The van der Waals surface area contributed by atoms with E-state index in [1.165, 1.54) is 0 Å². The van der Waals surface area contributed by atoms with Crippen LogP contribution in [0.15, 0.2) is 24.3 Å². The van der Waals surface area contributed by atoms with Gasteiger partial charge in [-0.25, -0.2) is 0 Å². The number of aliphatic hydroxyl groups is 1. The number of hydrogen-bond acceptors (Lipinski definition) is 2. The Bertz CT molecular complexity index is 439. The van der Waals surface area contributed by atoms with E-state index in [1.54, 1.807) is 0 Å². The van der Waals surface area contributed by atoms with E-state index in [9.17, 15) is 9.90 Å². The third kappa shape index (κ3) is 1.28. The first-order valence-corrected chi connectivity index (χ1v) is 5.64. The zero-order chi connectivity index (χ0) is 11.4. The normalized spacial score (nSPS) is 23.8. The van der Waals surface area contributed by atoms with Crippen LogP contribution in [0, 0.1) is 0 Å². The van der Waals surface area contributed by atoms with E-state index in [4.69, 9.17) is 5.11 Å². The van der Waals surface area contributed by atoms with E-state index < -0.39 is 17.0 Å². The molecular formula is C13H14O3. The molecule has 0 aromatic heterocycles. The van der Waals surface area contributed by atoms with Gasteiger partial charge in [-0.1, -0.05) is 24.3 Å².